The fraction of sp³-hybridized carbons (Fsp3) is 0.167. The van der Waals surface area contributed by atoms with Gasteiger partial charge in [-0.1, -0.05) is 12.1 Å². The number of nitrogens with two attached hydrogens (primary N) is 1. The third-order valence-electron chi connectivity index (χ3n) is 2.31. The van der Waals surface area contributed by atoms with Crippen LogP contribution in [0.1, 0.15) is 5.56 Å². The highest BCUT2D eigenvalue weighted by molar-refractivity contribution is 5.60. The van der Waals surface area contributed by atoms with Crippen LogP contribution in [-0.4, -0.2) is 11.5 Å². The SMILES string of the molecule is NCCc1c[nH]c(-c2cccc(F)c2)c1. The number of rotatable bonds is 3. The lowest BCUT2D eigenvalue weighted by molar-refractivity contribution is 0.628. The van der Waals surface area contributed by atoms with Gasteiger partial charge in [-0.15, -0.1) is 0 Å². The smallest absolute Gasteiger partial charge is 0.123 e. The minimum atomic E-state index is -0.220. The van der Waals surface area contributed by atoms with E-state index in [0.717, 1.165) is 23.2 Å². The molecule has 1 aromatic heterocycles. The molecule has 0 aliphatic heterocycles. The number of benzene rings is 1. The van der Waals surface area contributed by atoms with Crippen LogP contribution in [0.5, 0.6) is 0 Å². The van der Waals surface area contributed by atoms with Crippen LogP contribution in [0.15, 0.2) is 36.5 Å². The van der Waals surface area contributed by atoms with E-state index >= 15 is 0 Å². The van der Waals surface area contributed by atoms with Gasteiger partial charge >= 0.3 is 0 Å². The Bertz CT molecular complexity index is 448. The number of aromatic nitrogens is 1. The molecule has 0 amide bonds. The molecule has 0 radical (unpaired) electrons. The van der Waals surface area contributed by atoms with E-state index in [0.29, 0.717) is 6.54 Å². The lowest BCUT2D eigenvalue weighted by atomic mass is 10.1. The summed E-state index contributed by atoms with van der Waals surface area (Å²) in [6, 6.07) is 8.53. The Kier molecular flexibility index (Phi) is 2.83. The summed E-state index contributed by atoms with van der Waals surface area (Å²) in [5.41, 5.74) is 8.40. The summed E-state index contributed by atoms with van der Waals surface area (Å²) < 4.78 is 13.0. The Morgan fingerprint density at radius 1 is 1.27 bits per heavy atom. The fourth-order valence-corrected chi connectivity index (χ4v) is 1.57. The molecule has 3 N–H and O–H groups in total. The van der Waals surface area contributed by atoms with Crippen molar-refractivity contribution in [2.24, 2.45) is 5.73 Å². The Labute approximate surface area is 87.9 Å². The molecular formula is C12H13FN2. The van der Waals surface area contributed by atoms with Crippen molar-refractivity contribution < 1.29 is 4.39 Å². The molecule has 3 heteroatoms. The molecule has 0 aliphatic rings. The molecule has 2 nitrogen and oxygen atoms in total. The molecule has 0 saturated carbocycles. The molecule has 2 rings (SSSR count). The van der Waals surface area contributed by atoms with Crippen molar-refractivity contribution in [2.45, 2.75) is 6.42 Å². The first kappa shape index (κ1) is 9.93. The van der Waals surface area contributed by atoms with E-state index < -0.39 is 0 Å². The van der Waals surface area contributed by atoms with Gasteiger partial charge in [-0.3, -0.25) is 0 Å². The molecule has 1 heterocycles. The summed E-state index contributed by atoms with van der Waals surface area (Å²) >= 11 is 0. The summed E-state index contributed by atoms with van der Waals surface area (Å²) in [4.78, 5) is 3.11. The summed E-state index contributed by atoms with van der Waals surface area (Å²) in [6.07, 6.45) is 2.75. The van der Waals surface area contributed by atoms with Crippen LogP contribution in [0, 0.1) is 5.82 Å². The second-order valence-corrected chi connectivity index (χ2v) is 3.47. The predicted octanol–water partition coefficient (Wildman–Crippen LogP) is 2.32. The van der Waals surface area contributed by atoms with Crippen molar-refractivity contribution in [3.8, 4) is 11.3 Å². The van der Waals surface area contributed by atoms with Crippen LogP contribution in [0.25, 0.3) is 11.3 Å². The van der Waals surface area contributed by atoms with Crippen molar-refractivity contribution in [1.29, 1.82) is 0 Å². The molecule has 0 fully saturated rings. The number of nitrogens with one attached hydrogen (secondary N) is 1. The zero-order valence-corrected chi connectivity index (χ0v) is 8.33. The van der Waals surface area contributed by atoms with Gasteiger partial charge in [0.15, 0.2) is 0 Å². The monoisotopic (exact) mass is 204 g/mol. The molecule has 0 atom stereocenters. The van der Waals surface area contributed by atoms with E-state index in [9.17, 15) is 4.39 Å². The summed E-state index contributed by atoms with van der Waals surface area (Å²) in [6.45, 7) is 0.625. The van der Waals surface area contributed by atoms with E-state index in [4.69, 9.17) is 5.73 Å². The first-order valence-electron chi connectivity index (χ1n) is 4.93. The lowest BCUT2D eigenvalue weighted by Crippen LogP contribution is -2.01. The van der Waals surface area contributed by atoms with Gasteiger partial charge in [-0.2, -0.15) is 0 Å². The highest BCUT2D eigenvalue weighted by atomic mass is 19.1. The maximum Gasteiger partial charge on any atom is 0.123 e. The zero-order chi connectivity index (χ0) is 10.7. The van der Waals surface area contributed by atoms with Crippen LogP contribution in [-0.2, 0) is 6.42 Å². The van der Waals surface area contributed by atoms with Gasteiger partial charge in [-0.25, -0.2) is 4.39 Å². The molecule has 0 aliphatic carbocycles. The van der Waals surface area contributed by atoms with Crippen LogP contribution >= 0.6 is 0 Å². The van der Waals surface area contributed by atoms with E-state index in [-0.39, 0.29) is 5.82 Å². The van der Waals surface area contributed by atoms with Crippen molar-refractivity contribution in [1.82, 2.24) is 4.98 Å². The van der Waals surface area contributed by atoms with Gasteiger partial charge in [0, 0.05) is 17.5 Å². The molecule has 2 aromatic rings. The standard InChI is InChI=1S/C12H13FN2/c13-11-3-1-2-10(7-11)12-6-9(4-5-14)8-15-12/h1-3,6-8,15H,4-5,14H2. The number of halogens is 1. The molecular weight excluding hydrogens is 191 g/mol. The van der Waals surface area contributed by atoms with Crippen LogP contribution in [0.4, 0.5) is 4.39 Å². The summed E-state index contributed by atoms with van der Waals surface area (Å²) in [5, 5.41) is 0. The topological polar surface area (TPSA) is 41.8 Å². The molecule has 15 heavy (non-hydrogen) atoms. The van der Waals surface area contributed by atoms with Crippen LogP contribution < -0.4 is 5.73 Å². The first-order valence-corrected chi connectivity index (χ1v) is 4.93. The largest absolute Gasteiger partial charge is 0.361 e. The van der Waals surface area contributed by atoms with Gasteiger partial charge in [0.2, 0.25) is 0 Å². The average molecular weight is 204 g/mol. The highest BCUT2D eigenvalue weighted by Gasteiger charge is 2.02. The molecule has 0 spiro atoms. The van der Waals surface area contributed by atoms with Crippen LogP contribution in [0.2, 0.25) is 0 Å². The quantitative estimate of drug-likeness (QED) is 0.791. The van der Waals surface area contributed by atoms with Crippen molar-refractivity contribution >= 4 is 0 Å². The maximum absolute atomic E-state index is 13.0. The average Bonchev–Trinajstić information content (AvgIpc) is 2.67. The minimum Gasteiger partial charge on any atom is -0.361 e. The van der Waals surface area contributed by atoms with Gasteiger partial charge in [0.05, 0.1) is 0 Å². The zero-order valence-electron chi connectivity index (χ0n) is 8.33. The Balaban J connectivity index is 2.29. The summed E-state index contributed by atoms with van der Waals surface area (Å²) in [7, 11) is 0. The third-order valence-corrected chi connectivity index (χ3v) is 2.31. The molecule has 0 saturated heterocycles. The van der Waals surface area contributed by atoms with Crippen molar-refractivity contribution in [3.63, 3.8) is 0 Å². The van der Waals surface area contributed by atoms with Gasteiger partial charge < -0.3 is 10.7 Å². The number of hydrogen-bond donors (Lipinski definition) is 2. The van der Waals surface area contributed by atoms with Crippen molar-refractivity contribution in [2.75, 3.05) is 6.54 Å². The Morgan fingerprint density at radius 3 is 2.87 bits per heavy atom. The van der Waals surface area contributed by atoms with E-state index in [2.05, 4.69) is 4.98 Å². The molecule has 0 unspecified atom stereocenters. The van der Waals surface area contributed by atoms with Gasteiger partial charge in [0.25, 0.3) is 0 Å². The minimum absolute atomic E-state index is 0.220. The van der Waals surface area contributed by atoms with Gasteiger partial charge in [0.1, 0.15) is 5.82 Å². The molecule has 78 valence electrons. The maximum atomic E-state index is 13.0. The Hall–Kier alpha value is -1.61. The van der Waals surface area contributed by atoms with Crippen molar-refractivity contribution in [3.05, 3.63) is 47.9 Å². The molecule has 1 aromatic carbocycles. The molecule has 0 bridgehead atoms. The Morgan fingerprint density at radius 2 is 2.13 bits per heavy atom. The van der Waals surface area contributed by atoms with E-state index in [1.807, 2.05) is 18.3 Å². The van der Waals surface area contributed by atoms with E-state index in [1.165, 1.54) is 12.1 Å². The summed E-state index contributed by atoms with van der Waals surface area (Å²) in [5.74, 6) is -0.220. The van der Waals surface area contributed by atoms with Gasteiger partial charge in [-0.05, 0) is 36.7 Å². The second kappa shape index (κ2) is 4.28. The fourth-order valence-electron chi connectivity index (χ4n) is 1.57. The third kappa shape index (κ3) is 2.25. The first-order chi connectivity index (χ1) is 7.29. The predicted molar refractivity (Wildman–Crippen MR) is 58.9 cm³/mol. The number of hydrogen-bond acceptors (Lipinski definition) is 1. The highest BCUT2D eigenvalue weighted by Crippen LogP contribution is 2.19. The second-order valence-electron chi connectivity index (χ2n) is 3.47. The van der Waals surface area contributed by atoms with E-state index in [1.54, 1.807) is 6.07 Å². The lowest BCUT2D eigenvalue weighted by Gasteiger charge is -1.97. The number of aromatic amines is 1. The number of H-pyrrole nitrogens is 1. The normalized spacial score (nSPS) is 10.5. The van der Waals surface area contributed by atoms with Crippen LogP contribution in [0.3, 0.4) is 0 Å².